The van der Waals surface area contributed by atoms with E-state index < -0.39 is 0 Å². The van der Waals surface area contributed by atoms with Crippen LogP contribution in [0.1, 0.15) is 214 Å². The summed E-state index contributed by atoms with van der Waals surface area (Å²) in [6.45, 7) is 23.8. The van der Waals surface area contributed by atoms with Crippen LogP contribution in [0, 0.1) is 40.4 Å². The summed E-state index contributed by atoms with van der Waals surface area (Å²) in [6.07, 6.45) is 26.2. The van der Waals surface area contributed by atoms with Crippen molar-refractivity contribution in [1.82, 2.24) is 59.3 Å². The lowest BCUT2D eigenvalue weighted by Crippen LogP contribution is -2.50. The number of thioether (sulfide) groups is 2. The van der Waals surface area contributed by atoms with Gasteiger partial charge in [0.05, 0.1) is 56.8 Å². The first-order valence-corrected chi connectivity index (χ1v) is 46.9. The quantitative estimate of drug-likeness (QED) is 0.0208. The molecule has 25 nitrogen and oxygen atoms in total. The Morgan fingerprint density at radius 3 is 1.61 bits per heavy atom. The van der Waals surface area contributed by atoms with Crippen molar-refractivity contribution in [2.45, 2.75) is 213 Å². The number of rotatable bonds is 37. The topological polar surface area (TPSA) is 306 Å². The normalized spacial score (nSPS) is 16.6. The number of nitrogens with zero attached hydrogens (tertiary/aromatic N) is 14. The number of hydrogen-bond donors (Lipinski definition) is 2. The molecule has 4 aliphatic rings. The molecule has 6 amide bonds. The number of anilines is 2. The molecule has 0 bridgehead atoms. The summed E-state index contributed by atoms with van der Waals surface area (Å²) in [7, 11) is 1.75. The molecule has 2 unspecified atom stereocenters. The number of aryl methyl sites for hydroxylation is 1. The van der Waals surface area contributed by atoms with Crippen LogP contribution in [0.25, 0.3) is 12.2 Å². The first-order chi connectivity index (χ1) is 57.4. The Bertz CT molecular complexity index is 4810. The van der Waals surface area contributed by atoms with Crippen molar-refractivity contribution in [2.75, 3.05) is 83.2 Å². The Morgan fingerprint density at radius 2 is 1.10 bits per heavy atom. The fraction of sp³-hybridized carbons (Fsp3) is 0.523. The number of likely N-dealkylation sites (tertiary alicyclic amines) is 4. The molecule has 6 aromatic heterocycles. The van der Waals surface area contributed by atoms with Gasteiger partial charge in [0.25, 0.3) is 17.7 Å². The van der Waals surface area contributed by atoms with Crippen molar-refractivity contribution in [3.05, 3.63) is 158 Å². The van der Waals surface area contributed by atoms with Crippen LogP contribution in [0.15, 0.2) is 125 Å². The van der Waals surface area contributed by atoms with Crippen LogP contribution in [-0.4, -0.2) is 179 Å². The Hall–Kier alpha value is -8.92. The van der Waals surface area contributed by atoms with Gasteiger partial charge in [-0.05, 0) is 170 Å². The Balaban J connectivity index is 0.495. The number of piperidine rings is 4. The number of nitriles is 2. The zero-order valence-corrected chi connectivity index (χ0v) is 74.5. The van der Waals surface area contributed by atoms with Gasteiger partial charge in [-0.25, -0.2) is 29.9 Å². The van der Waals surface area contributed by atoms with E-state index >= 15 is 0 Å². The van der Waals surface area contributed by atoms with Crippen LogP contribution < -0.4 is 15.4 Å². The van der Waals surface area contributed by atoms with Gasteiger partial charge in [-0.1, -0.05) is 113 Å². The number of amides is 6. The molecule has 8 aromatic rings. The largest absolute Gasteiger partial charge is 0.484 e. The van der Waals surface area contributed by atoms with Crippen molar-refractivity contribution in [3.8, 4) is 17.9 Å². The minimum Gasteiger partial charge on any atom is -0.484 e. The smallest absolute Gasteiger partial charge is 0.265 e. The number of ether oxygens (including phenoxy) is 1. The molecule has 2 aromatic carbocycles. The van der Waals surface area contributed by atoms with Gasteiger partial charge >= 0.3 is 0 Å². The van der Waals surface area contributed by atoms with Crippen LogP contribution in [0.4, 0.5) is 10.3 Å². The molecule has 4 aliphatic heterocycles. The second-order valence-electron chi connectivity index (χ2n) is 32.9. The molecule has 119 heavy (non-hydrogen) atoms. The summed E-state index contributed by atoms with van der Waals surface area (Å²) in [5.41, 5.74) is 2.47. The number of thiazole rings is 4. The lowest BCUT2D eigenvalue weighted by Gasteiger charge is -2.41. The highest BCUT2D eigenvalue weighted by molar-refractivity contribution is 8.00. The van der Waals surface area contributed by atoms with Crippen LogP contribution >= 0.6 is 68.9 Å². The molecule has 0 spiro atoms. The van der Waals surface area contributed by atoms with E-state index in [1.54, 1.807) is 77.3 Å². The summed E-state index contributed by atoms with van der Waals surface area (Å²) < 4.78 is 20.7. The first-order valence-electron chi connectivity index (χ1n) is 41.6. The minimum absolute atomic E-state index is 0.00831. The first kappa shape index (κ1) is 89.3. The molecule has 0 radical (unpaired) electrons. The average molecular weight is 1730 g/mol. The second-order valence-corrected chi connectivity index (χ2v) is 39.3. The van der Waals surface area contributed by atoms with E-state index in [1.165, 1.54) is 45.3 Å². The van der Waals surface area contributed by atoms with Gasteiger partial charge in [0.1, 0.15) is 50.6 Å². The molecular formula is C88H110N16O9S6. The van der Waals surface area contributed by atoms with E-state index in [9.17, 15) is 39.3 Å². The molecule has 2 atom stereocenters. The van der Waals surface area contributed by atoms with Crippen LogP contribution in [-0.2, 0) is 57.5 Å². The highest BCUT2D eigenvalue weighted by Gasteiger charge is 2.37. The van der Waals surface area contributed by atoms with Crippen molar-refractivity contribution >= 4 is 127 Å². The van der Waals surface area contributed by atoms with Gasteiger partial charge in [-0.3, -0.25) is 28.8 Å². The summed E-state index contributed by atoms with van der Waals surface area (Å²) in [6, 6.07) is 19.6. The van der Waals surface area contributed by atoms with Gasteiger partial charge in [0.15, 0.2) is 16.9 Å². The van der Waals surface area contributed by atoms with Crippen molar-refractivity contribution < 1.29 is 42.3 Å². The molecule has 12 rings (SSSR count). The van der Waals surface area contributed by atoms with E-state index in [2.05, 4.69) is 116 Å². The maximum atomic E-state index is 13.8. The molecule has 31 heteroatoms. The molecule has 10 heterocycles. The highest BCUT2D eigenvalue weighted by atomic mass is 32.2. The number of likely N-dealkylation sites (N-methyl/N-ethyl adjacent to an activating group) is 1. The SMILES string of the molecule is CCCC(c1ccc(CCC(=O)N2CCC(CN3CCC(C(=O)Nc4ncc(SCc5ncc(C(C)(C)CCC(C)(C)c6cnc(CSc7cnc(NC(=O)C8CCN(C9CCN(C(=O)COc%10ccc(C(CCC)N(C(=O)/C(C#N)=C/c%11nccs%11)C(C)C)cc%10)CC9)CC8)s7)o6)o5)s4)CC3)CC2)cc1)N(C)C(=O)/C(C#N)=C/c1nccs1. The zero-order valence-electron chi connectivity index (χ0n) is 69.6. The predicted molar refractivity (Wildman–Crippen MR) is 469 cm³/mol. The maximum Gasteiger partial charge on any atom is 0.265 e. The van der Waals surface area contributed by atoms with Gasteiger partial charge in [0, 0.05) is 104 Å². The van der Waals surface area contributed by atoms with E-state index in [-0.39, 0.29) is 94.0 Å². The van der Waals surface area contributed by atoms with Gasteiger partial charge in [-0.2, -0.15) is 10.5 Å². The van der Waals surface area contributed by atoms with E-state index in [1.807, 2.05) is 83.2 Å². The lowest BCUT2D eigenvalue weighted by molar-refractivity contribution is -0.135. The van der Waals surface area contributed by atoms with Crippen molar-refractivity contribution in [1.29, 1.82) is 10.5 Å². The number of aromatic nitrogens is 6. The maximum absolute atomic E-state index is 13.8. The molecule has 2 N–H and O–H groups in total. The lowest BCUT2D eigenvalue weighted by atomic mass is 9.77. The van der Waals surface area contributed by atoms with E-state index in [4.69, 9.17) is 13.6 Å². The highest BCUT2D eigenvalue weighted by Crippen LogP contribution is 2.41. The van der Waals surface area contributed by atoms with Crippen LogP contribution in [0.5, 0.6) is 5.75 Å². The number of nitrogens with one attached hydrogen (secondary N) is 2. The number of hydrogen-bond acceptors (Lipinski definition) is 25. The monoisotopic (exact) mass is 1730 g/mol. The van der Waals surface area contributed by atoms with Gasteiger partial charge < -0.3 is 53.6 Å². The third-order valence-corrected chi connectivity index (χ3v) is 29.0. The number of oxazole rings is 2. The Morgan fingerprint density at radius 1 is 0.613 bits per heavy atom. The molecule has 632 valence electrons. The predicted octanol–water partition coefficient (Wildman–Crippen LogP) is 16.9. The van der Waals surface area contributed by atoms with Gasteiger partial charge in [0.2, 0.25) is 29.5 Å². The summed E-state index contributed by atoms with van der Waals surface area (Å²) in [5.74, 6) is 4.23. The molecule has 0 saturated carbocycles. The second kappa shape index (κ2) is 42.5. The summed E-state index contributed by atoms with van der Waals surface area (Å²) in [5, 5.41) is 32.0. The van der Waals surface area contributed by atoms with E-state index in [0.717, 1.165) is 166 Å². The number of carbonyl (C=O) groups is 6. The standard InChI is InChI=1S/C88H110N16O9S6/c1-10-12-69(99(9)83(109)65(48-89)46-75-91-34-44-114-75)61-17-14-59(15-18-61)16-23-77(105)102-38-24-60(25-39-102)54-100-36-26-63(27-37-100)81(107)97-85-95-52-79(118-85)116-56-73-93-50-71(112-73)87(5,6)32-33-88(7,8)72-51-94-74(113-72)57-117-80-53-96-86(119-80)98-82(108)64-28-40-101(41-29-64)67-30-42-103(43-31-67)78(106)55-111-68-21-19-62(20-22-68)70(13-11-2)104(58(3)4)84(110)66(49-90)47-76-92-35-45-115-76/h14-15,17-22,34-35,44-47,50-53,58,60,63-64,67,69-70H,10-13,16,23-33,36-43,54-57H2,1-9H3,(H,95,97,107)(H,96,98,108)/b65-46+,66-47+. The Labute approximate surface area is 723 Å². The van der Waals surface area contributed by atoms with Crippen molar-refractivity contribution in [3.63, 3.8) is 0 Å². The fourth-order valence-corrected chi connectivity index (χ4v) is 20.7. The summed E-state index contributed by atoms with van der Waals surface area (Å²) >= 11 is 8.81. The minimum atomic E-state index is -0.336. The van der Waals surface area contributed by atoms with Crippen LogP contribution in [0.3, 0.4) is 0 Å². The summed E-state index contributed by atoms with van der Waals surface area (Å²) in [4.78, 5) is 120. The molecule has 0 aliphatic carbocycles. The number of carbonyl (C=O) groups excluding carboxylic acids is 6. The van der Waals surface area contributed by atoms with Gasteiger partial charge in [-0.15, -0.1) is 46.2 Å². The third kappa shape index (κ3) is 24.5. The van der Waals surface area contributed by atoms with Crippen molar-refractivity contribution in [2.24, 2.45) is 17.8 Å². The molecular weight excluding hydrogens is 1620 g/mol. The van der Waals surface area contributed by atoms with E-state index in [0.29, 0.717) is 93.6 Å². The Kier molecular flexibility index (Phi) is 31.9. The van der Waals surface area contributed by atoms with Crippen LogP contribution in [0.2, 0.25) is 0 Å². The average Bonchev–Trinajstić information content (AvgIpc) is 1.80. The third-order valence-electron chi connectivity index (χ3n) is 23.4. The molecule has 4 fully saturated rings. The fourth-order valence-electron chi connectivity index (χ4n) is 16.1. The zero-order chi connectivity index (χ0) is 84.2. The number of benzene rings is 2. The molecule has 4 saturated heterocycles.